The molecule has 186 valence electrons. The second-order valence-electron chi connectivity index (χ2n) is 9.67. The number of fused-ring (bicyclic) bond motifs is 1. The number of pyridine rings is 1. The van der Waals surface area contributed by atoms with E-state index in [1.165, 1.54) is 6.33 Å². The largest absolute Gasteiger partial charge is 0.439 e. The molecule has 3 aromatic heterocycles. The first-order valence-corrected chi connectivity index (χ1v) is 11.8. The maximum Gasteiger partial charge on any atom is 0.251 e. The number of benzene rings is 2. The number of rotatable bonds is 6. The molecule has 0 fully saturated rings. The van der Waals surface area contributed by atoms with Crippen LogP contribution in [0.4, 0.5) is 5.82 Å². The number of aromatic nitrogens is 5. The Morgan fingerprint density at radius 1 is 0.973 bits per heavy atom. The summed E-state index contributed by atoms with van der Waals surface area (Å²) in [5, 5.41) is 8.44. The first kappa shape index (κ1) is 23.9. The van der Waals surface area contributed by atoms with Gasteiger partial charge in [-0.05, 0) is 56.7 Å². The number of hydrogen-bond donors (Lipinski definition) is 2. The van der Waals surface area contributed by atoms with Gasteiger partial charge in [0, 0.05) is 28.9 Å². The van der Waals surface area contributed by atoms with E-state index in [0.29, 0.717) is 46.3 Å². The summed E-state index contributed by atoms with van der Waals surface area (Å²) in [6.07, 6.45) is 3.12. The molecule has 0 aliphatic heterocycles. The molecular weight excluding hydrogens is 466 g/mol. The van der Waals surface area contributed by atoms with Crippen LogP contribution in [0.3, 0.4) is 0 Å². The summed E-state index contributed by atoms with van der Waals surface area (Å²) in [7, 11) is 0. The molecule has 9 nitrogen and oxygen atoms in total. The van der Waals surface area contributed by atoms with Gasteiger partial charge in [-0.2, -0.15) is 5.10 Å². The van der Waals surface area contributed by atoms with Crippen molar-refractivity contribution in [3.63, 3.8) is 0 Å². The van der Waals surface area contributed by atoms with Crippen LogP contribution in [-0.2, 0) is 6.54 Å². The lowest BCUT2D eigenvalue weighted by Crippen LogP contribution is -2.40. The number of carbonyl (C=O) groups excluding carboxylic acids is 1. The molecule has 1 amide bonds. The maximum absolute atomic E-state index is 12.5. The number of carbonyl (C=O) groups is 1. The fourth-order valence-corrected chi connectivity index (χ4v) is 3.88. The van der Waals surface area contributed by atoms with E-state index in [9.17, 15) is 4.79 Å². The molecule has 37 heavy (non-hydrogen) atoms. The highest BCUT2D eigenvalue weighted by Gasteiger charge is 2.19. The van der Waals surface area contributed by atoms with Crippen LogP contribution in [0.1, 0.15) is 36.7 Å². The Hall–Kier alpha value is -4.79. The highest BCUT2D eigenvalue weighted by molar-refractivity contribution is 5.98. The molecule has 0 unspecified atom stereocenters. The van der Waals surface area contributed by atoms with Gasteiger partial charge in [0.2, 0.25) is 5.88 Å². The van der Waals surface area contributed by atoms with Crippen LogP contribution < -0.4 is 15.8 Å². The average Bonchev–Trinajstić information content (AvgIpc) is 3.24. The second kappa shape index (κ2) is 9.69. The number of para-hydroxylation sites is 1. The highest BCUT2D eigenvalue weighted by Crippen LogP contribution is 2.31. The number of nitrogen functional groups attached to an aromatic ring is 1. The van der Waals surface area contributed by atoms with Gasteiger partial charge in [0.25, 0.3) is 5.91 Å². The summed E-state index contributed by atoms with van der Waals surface area (Å²) in [5.41, 5.74) is 9.51. The Labute approximate surface area is 214 Å². The third-order valence-electron chi connectivity index (χ3n) is 5.57. The summed E-state index contributed by atoms with van der Waals surface area (Å²) in [6, 6.07) is 20.6. The van der Waals surface area contributed by atoms with Gasteiger partial charge in [-0.3, -0.25) is 4.79 Å². The fraction of sp³-hybridized carbons (Fsp3) is 0.179. The zero-order chi connectivity index (χ0) is 26.0. The Kier molecular flexibility index (Phi) is 6.27. The third-order valence-corrected chi connectivity index (χ3v) is 5.57. The van der Waals surface area contributed by atoms with Crippen LogP contribution >= 0.6 is 0 Å². The SMILES string of the molecule is CC(C)(C)NC(=O)c1ccc(Cn2nc(-c3ccc(Oc4ccccc4)nc3)c3c(N)ncnc32)cc1. The van der Waals surface area contributed by atoms with Gasteiger partial charge >= 0.3 is 0 Å². The Bertz CT molecular complexity index is 1540. The van der Waals surface area contributed by atoms with Gasteiger partial charge in [-0.15, -0.1) is 0 Å². The van der Waals surface area contributed by atoms with Crippen LogP contribution in [0.2, 0.25) is 0 Å². The number of nitrogens with one attached hydrogen (secondary N) is 1. The number of hydrogen-bond acceptors (Lipinski definition) is 7. The van der Waals surface area contributed by atoms with Gasteiger partial charge in [0.1, 0.15) is 23.6 Å². The number of amides is 1. The second-order valence-corrected chi connectivity index (χ2v) is 9.67. The molecule has 2 aromatic carbocycles. The van der Waals surface area contributed by atoms with Gasteiger partial charge in [-0.1, -0.05) is 30.3 Å². The summed E-state index contributed by atoms with van der Waals surface area (Å²) in [5.74, 6) is 1.40. The van der Waals surface area contributed by atoms with Crippen molar-refractivity contribution >= 4 is 22.8 Å². The Morgan fingerprint density at radius 3 is 2.41 bits per heavy atom. The molecule has 9 heteroatoms. The van der Waals surface area contributed by atoms with Crippen molar-refractivity contribution in [3.05, 3.63) is 90.4 Å². The van der Waals surface area contributed by atoms with Gasteiger partial charge < -0.3 is 15.8 Å². The molecule has 3 N–H and O–H groups in total. The zero-order valence-corrected chi connectivity index (χ0v) is 20.8. The van der Waals surface area contributed by atoms with Crippen molar-refractivity contribution in [2.75, 3.05) is 5.73 Å². The standard InChI is InChI=1S/C28H27N7O2/c1-28(2,3)33-27(36)19-11-9-18(10-12-19)16-35-26-23(25(29)31-17-32-26)24(34-35)20-13-14-22(30-15-20)37-21-7-5-4-6-8-21/h4-15,17H,16H2,1-3H3,(H,33,36)(H2,29,31,32). The topological polar surface area (TPSA) is 121 Å². The van der Waals surface area contributed by atoms with E-state index in [1.54, 1.807) is 16.9 Å². The first-order chi connectivity index (χ1) is 17.8. The number of anilines is 1. The quantitative estimate of drug-likeness (QED) is 0.347. The lowest BCUT2D eigenvalue weighted by Gasteiger charge is -2.20. The fourth-order valence-electron chi connectivity index (χ4n) is 3.88. The first-order valence-electron chi connectivity index (χ1n) is 11.8. The normalized spacial score (nSPS) is 11.4. The van der Waals surface area contributed by atoms with E-state index < -0.39 is 0 Å². The molecule has 0 atom stereocenters. The van der Waals surface area contributed by atoms with Crippen LogP contribution in [0, 0.1) is 0 Å². The maximum atomic E-state index is 12.5. The van der Waals surface area contributed by atoms with Crippen LogP contribution in [0.25, 0.3) is 22.3 Å². The predicted molar refractivity (Wildman–Crippen MR) is 142 cm³/mol. The van der Waals surface area contributed by atoms with Gasteiger partial charge in [0.15, 0.2) is 5.65 Å². The van der Waals surface area contributed by atoms with Gasteiger partial charge in [0.05, 0.1) is 11.9 Å². The smallest absolute Gasteiger partial charge is 0.251 e. The van der Waals surface area contributed by atoms with E-state index in [-0.39, 0.29) is 11.4 Å². The number of nitrogens with zero attached hydrogens (tertiary/aromatic N) is 5. The van der Waals surface area contributed by atoms with Crippen molar-refractivity contribution in [2.24, 2.45) is 0 Å². The van der Waals surface area contributed by atoms with E-state index in [4.69, 9.17) is 15.6 Å². The lowest BCUT2D eigenvalue weighted by atomic mass is 10.1. The highest BCUT2D eigenvalue weighted by atomic mass is 16.5. The third kappa shape index (κ3) is 5.40. The van der Waals surface area contributed by atoms with Crippen molar-refractivity contribution < 1.29 is 9.53 Å². The lowest BCUT2D eigenvalue weighted by molar-refractivity contribution is 0.0919. The molecule has 0 bridgehead atoms. The molecule has 0 radical (unpaired) electrons. The van der Waals surface area contributed by atoms with Crippen LogP contribution in [0.15, 0.2) is 79.3 Å². The summed E-state index contributed by atoms with van der Waals surface area (Å²) in [6.45, 7) is 6.29. The number of ether oxygens (including phenoxy) is 1. The van der Waals surface area contributed by atoms with Crippen molar-refractivity contribution in [1.29, 1.82) is 0 Å². The van der Waals surface area contributed by atoms with Crippen molar-refractivity contribution in [3.8, 4) is 22.9 Å². The molecular formula is C28H27N7O2. The van der Waals surface area contributed by atoms with Gasteiger partial charge in [-0.25, -0.2) is 19.6 Å². The summed E-state index contributed by atoms with van der Waals surface area (Å²) >= 11 is 0. The van der Waals surface area contributed by atoms with E-state index >= 15 is 0 Å². The molecule has 0 aliphatic rings. The molecule has 0 saturated heterocycles. The monoisotopic (exact) mass is 493 g/mol. The minimum Gasteiger partial charge on any atom is -0.439 e. The van der Waals surface area contributed by atoms with Crippen molar-refractivity contribution in [1.82, 2.24) is 30.0 Å². The molecule has 5 aromatic rings. The number of nitrogens with two attached hydrogens (primary N) is 1. The van der Waals surface area contributed by atoms with Crippen LogP contribution in [-0.4, -0.2) is 36.2 Å². The molecule has 3 heterocycles. The average molecular weight is 494 g/mol. The molecule has 0 saturated carbocycles. The molecule has 0 aliphatic carbocycles. The van der Waals surface area contributed by atoms with Crippen molar-refractivity contribution in [2.45, 2.75) is 32.9 Å². The Morgan fingerprint density at radius 2 is 1.73 bits per heavy atom. The molecule has 0 spiro atoms. The minimum atomic E-state index is -0.305. The van der Waals surface area contributed by atoms with E-state index in [0.717, 1.165) is 11.1 Å². The summed E-state index contributed by atoms with van der Waals surface area (Å²) < 4.78 is 7.58. The van der Waals surface area contributed by atoms with E-state index in [2.05, 4.69) is 20.3 Å². The minimum absolute atomic E-state index is 0.112. The van der Waals surface area contributed by atoms with Crippen LogP contribution in [0.5, 0.6) is 11.6 Å². The zero-order valence-electron chi connectivity index (χ0n) is 20.8. The molecule has 5 rings (SSSR count). The predicted octanol–water partition coefficient (Wildman–Crippen LogP) is 4.84. The Balaban J connectivity index is 1.42. The summed E-state index contributed by atoms with van der Waals surface area (Å²) in [4.78, 5) is 25.5. The van der Waals surface area contributed by atoms with E-state index in [1.807, 2.05) is 81.4 Å².